The third-order valence-electron chi connectivity index (χ3n) is 3.23. The highest BCUT2D eigenvalue weighted by molar-refractivity contribution is 5.47. The van der Waals surface area contributed by atoms with Crippen LogP contribution in [0.2, 0.25) is 0 Å². The molecule has 3 heteroatoms. The molecule has 2 aromatic rings. The molecule has 2 aromatic carbocycles. The molecule has 1 N–H and O–H groups in total. The Morgan fingerprint density at radius 1 is 0.950 bits per heavy atom. The summed E-state index contributed by atoms with van der Waals surface area (Å²) in [6, 6.07) is 15.5. The highest BCUT2D eigenvalue weighted by Crippen LogP contribution is 2.25. The fourth-order valence-corrected chi connectivity index (χ4v) is 2.06. The maximum Gasteiger partial charge on any atom is 0.119 e. The molecule has 0 aliphatic rings. The molecular formula is C17H21NO2. The maximum absolute atomic E-state index is 10.4. The first kappa shape index (κ1) is 14.4. The summed E-state index contributed by atoms with van der Waals surface area (Å²) in [5.41, 5.74) is 2.87. The highest BCUT2D eigenvalue weighted by atomic mass is 16.5. The summed E-state index contributed by atoms with van der Waals surface area (Å²) in [6.07, 6.45) is -0.609. The molecule has 0 bridgehead atoms. The maximum atomic E-state index is 10.4. The smallest absolute Gasteiger partial charge is 0.119 e. The van der Waals surface area contributed by atoms with Crippen molar-refractivity contribution in [2.45, 2.75) is 13.0 Å². The summed E-state index contributed by atoms with van der Waals surface area (Å²) in [4.78, 5) is 2.03. The van der Waals surface area contributed by atoms with E-state index in [0.717, 1.165) is 22.6 Å². The summed E-state index contributed by atoms with van der Waals surface area (Å²) >= 11 is 0. The lowest BCUT2D eigenvalue weighted by molar-refractivity contribution is 0.220. The fraction of sp³-hybridized carbons (Fsp3) is 0.294. The van der Waals surface area contributed by atoms with Crippen molar-refractivity contribution in [2.75, 3.05) is 25.6 Å². The van der Waals surface area contributed by atoms with Crippen LogP contribution in [0.5, 0.6) is 5.75 Å². The molecule has 20 heavy (non-hydrogen) atoms. The van der Waals surface area contributed by atoms with E-state index in [2.05, 4.69) is 0 Å². The lowest BCUT2D eigenvalue weighted by Gasteiger charge is -2.16. The van der Waals surface area contributed by atoms with E-state index >= 15 is 0 Å². The number of anilines is 1. The van der Waals surface area contributed by atoms with E-state index < -0.39 is 6.10 Å². The number of nitrogens with zero attached hydrogens (tertiary/aromatic N) is 1. The van der Waals surface area contributed by atoms with Gasteiger partial charge in [-0.05, 0) is 42.3 Å². The SMILES string of the molecule is CCOc1ccc(C(O)c2ccc(N(C)C)cc2)cc1. The van der Waals surface area contributed by atoms with Crippen LogP contribution in [0.25, 0.3) is 0 Å². The van der Waals surface area contributed by atoms with Crippen LogP contribution in [0.4, 0.5) is 5.69 Å². The largest absolute Gasteiger partial charge is 0.494 e. The minimum absolute atomic E-state index is 0.609. The topological polar surface area (TPSA) is 32.7 Å². The predicted octanol–water partition coefficient (Wildman–Crippen LogP) is 3.23. The van der Waals surface area contributed by atoms with Crippen LogP contribution in [0.3, 0.4) is 0 Å². The van der Waals surface area contributed by atoms with Gasteiger partial charge >= 0.3 is 0 Å². The Bertz CT molecular complexity index is 532. The lowest BCUT2D eigenvalue weighted by Crippen LogP contribution is -2.08. The summed E-state index contributed by atoms with van der Waals surface area (Å²) in [6.45, 7) is 2.60. The molecule has 0 aliphatic carbocycles. The molecule has 0 heterocycles. The molecule has 0 aliphatic heterocycles. The molecule has 0 amide bonds. The van der Waals surface area contributed by atoms with E-state index in [1.807, 2.05) is 74.4 Å². The molecule has 0 aromatic heterocycles. The molecule has 1 unspecified atom stereocenters. The minimum Gasteiger partial charge on any atom is -0.494 e. The molecule has 0 saturated carbocycles. The summed E-state index contributed by atoms with van der Waals surface area (Å²) in [5, 5.41) is 10.4. The number of hydrogen-bond donors (Lipinski definition) is 1. The second-order valence-electron chi connectivity index (χ2n) is 4.89. The van der Waals surface area contributed by atoms with Crippen LogP contribution >= 0.6 is 0 Å². The van der Waals surface area contributed by atoms with Crippen LogP contribution in [0, 0.1) is 0 Å². The monoisotopic (exact) mass is 271 g/mol. The Hall–Kier alpha value is -2.00. The first-order valence-corrected chi connectivity index (χ1v) is 6.80. The Labute approximate surface area is 120 Å². The van der Waals surface area contributed by atoms with Crippen molar-refractivity contribution >= 4 is 5.69 Å². The van der Waals surface area contributed by atoms with E-state index in [1.165, 1.54) is 0 Å². The van der Waals surface area contributed by atoms with E-state index in [1.54, 1.807) is 0 Å². The number of ether oxygens (including phenoxy) is 1. The molecule has 0 radical (unpaired) electrons. The van der Waals surface area contributed by atoms with Gasteiger partial charge in [-0.2, -0.15) is 0 Å². The van der Waals surface area contributed by atoms with Crippen LogP contribution in [-0.2, 0) is 0 Å². The molecule has 2 rings (SSSR count). The Morgan fingerprint density at radius 2 is 1.45 bits per heavy atom. The van der Waals surface area contributed by atoms with Crippen molar-refractivity contribution in [3.63, 3.8) is 0 Å². The van der Waals surface area contributed by atoms with Gasteiger partial charge in [-0.3, -0.25) is 0 Å². The van der Waals surface area contributed by atoms with Crippen LogP contribution in [0.1, 0.15) is 24.2 Å². The molecule has 0 spiro atoms. The quantitative estimate of drug-likeness (QED) is 0.906. The van der Waals surface area contributed by atoms with E-state index in [-0.39, 0.29) is 0 Å². The van der Waals surface area contributed by atoms with Crippen LogP contribution in [-0.4, -0.2) is 25.8 Å². The Kier molecular flexibility index (Phi) is 4.64. The van der Waals surface area contributed by atoms with Crippen molar-refractivity contribution in [3.8, 4) is 5.75 Å². The van der Waals surface area contributed by atoms with Gasteiger partial charge in [-0.15, -0.1) is 0 Å². The molecule has 0 saturated heterocycles. The standard InChI is InChI=1S/C17H21NO2/c1-4-20-16-11-7-14(8-12-16)17(19)13-5-9-15(10-6-13)18(2)3/h5-12,17,19H,4H2,1-3H3. The van der Waals surface area contributed by atoms with Crippen LogP contribution in [0.15, 0.2) is 48.5 Å². The zero-order valence-electron chi connectivity index (χ0n) is 12.2. The van der Waals surface area contributed by atoms with Crippen molar-refractivity contribution in [1.82, 2.24) is 0 Å². The molecular weight excluding hydrogens is 250 g/mol. The van der Waals surface area contributed by atoms with Crippen LogP contribution < -0.4 is 9.64 Å². The molecule has 3 nitrogen and oxygen atoms in total. The van der Waals surface area contributed by atoms with E-state index in [0.29, 0.717) is 6.61 Å². The number of hydrogen-bond acceptors (Lipinski definition) is 3. The summed E-state index contributed by atoms with van der Waals surface area (Å²) in [5.74, 6) is 0.825. The van der Waals surface area contributed by atoms with Gasteiger partial charge in [0.15, 0.2) is 0 Å². The number of benzene rings is 2. The third kappa shape index (κ3) is 3.31. The highest BCUT2D eigenvalue weighted by Gasteiger charge is 2.10. The van der Waals surface area contributed by atoms with Gasteiger partial charge in [0.2, 0.25) is 0 Å². The average Bonchev–Trinajstić information content (AvgIpc) is 2.48. The Balaban J connectivity index is 2.15. The van der Waals surface area contributed by atoms with E-state index in [4.69, 9.17) is 4.74 Å². The minimum atomic E-state index is -0.609. The fourth-order valence-electron chi connectivity index (χ4n) is 2.06. The van der Waals surface area contributed by atoms with Gasteiger partial charge in [0, 0.05) is 19.8 Å². The number of rotatable bonds is 5. The Morgan fingerprint density at radius 3 is 1.90 bits per heavy atom. The van der Waals surface area contributed by atoms with Crippen molar-refractivity contribution in [3.05, 3.63) is 59.7 Å². The van der Waals surface area contributed by atoms with Gasteiger partial charge in [0.05, 0.1) is 6.61 Å². The average molecular weight is 271 g/mol. The second kappa shape index (κ2) is 6.44. The third-order valence-corrected chi connectivity index (χ3v) is 3.23. The predicted molar refractivity (Wildman–Crippen MR) is 82.4 cm³/mol. The van der Waals surface area contributed by atoms with Crippen molar-refractivity contribution in [2.24, 2.45) is 0 Å². The van der Waals surface area contributed by atoms with Gasteiger partial charge in [0.25, 0.3) is 0 Å². The first-order valence-electron chi connectivity index (χ1n) is 6.80. The normalized spacial score (nSPS) is 12.0. The van der Waals surface area contributed by atoms with Gasteiger partial charge in [0.1, 0.15) is 11.9 Å². The molecule has 1 atom stereocenters. The van der Waals surface area contributed by atoms with Gasteiger partial charge in [-0.1, -0.05) is 24.3 Å². The van der Waals surface area contributed by atoms with Gasteiger partial charge in [-0.25, -0.2) is 0 Å². The zero-order valence-corrected chi connectivity index (χ0v) is 12.2. The van der Waals surface area contributed by atoms with E-state index in [9.17, 15) is 5.11 Å². The molecule has 106 valence electrons. The summed E-state index contributed by atoms with van der Waals surface area (Å²) < 4.78 is 5.40. The number of aliphatic hydroxyl groups excluding tert-OH is 1. The number of aliphatic hydroxyl groups is 1. The zero-order chi connectivity index (χ0) is 14.5. The summed E-state index contributed by atoms with van der Waals surface area (Å²) in [7, 11) is 4.00. The van der Waals surface area contributed by atoms with Crippen molar-refractivity contribution in [1.29, 1.82) is 0 Å². The molecule has 0 fully saturated rings. The van der Waals surface area contributed by atoms with Crippen molar-refractivity contribution < 1.29 is 9.84 Å². The van der Waals surface area contributed by atoms with Gasteiger partial charge < -0.3 is 14.7 Å². The first-order chi connectivity index (χ1) is 9.61. The second-order valence-corrected chi connectivity index (χ2v) is 4.89. The lowest BCUT2D eigenvalue weighted by atomic mass is 10.0.